The van der Waals surface area contributed by atoms with Crippen LogP contribution in [0.3, 0.4) is 0 Å². The number of sulfonamides is 1. The number of nitrogens with zero attached hydrogens (tertiary/aromatic N) is 7. The summed E-state index contributed by atoms with van der Waals surface area (Å²) in [6.07, 6.45) is 0.445. The van der Waals surface area contributed by atoms with E-state index in [1.165, 1.54) is 34.8 Å². The summed E-state index contributed by atoms with van der Waals surface area (Å²) in [5.74, 6) is 0.548. The molecule has 0 amide bonds. The maximum atomic E-state index is 13.1. The highest BCUT2D eigenvalue weighted by molar-refractivity contribution is 7.99. The van der Waals surface area contributed by atoms with E-state index in [0.29, 0.717) is 28.7 Å². The molecule has 1 aromatic carbocycles. The molecular formula is C17H23N7O3S2. The Morgan fingerprint density at radius 3 is 2.52 bits per heavy atom. The summed E-state index contributed by atoms with van der Waals surface area (Å²) in [5.41, 5.74) is 1.58. The van der Waals surface area contributed by atoms with Crippen LogP contribution in [0, 0.1) is 6.92 Å². The molecule has 0 aliphatic carbocycles. The van der Waals surface area contributed by atoms with Crippen LogP contribution in [0.4, 0.5) is 0 Å². The van der Waals surface area contributed by atoms with Gasteiger partial charge >= 0.3 is 0 Å². The minimum atomic E-state index is -3.24. The van der Waals surface area contributed by atoms with Crippen LogP contribution in [-0.2, 0) is 17.1 Å². The standard InChI is InChI=1S/C17H23N7O3S2/c1-13-15(16(25)24(22(13)4)14-9-6-5-7-10-14)23-17(18-19-20-23)28-11-8-12-29(26,27)21(2)3/h5-7,9-10H,8,11-12H2,1-4H3. The molecule has 0 spiro atoms. The Morgan fingerprint density at radius 2 is 1.86 bits per heavy atom. The Hall–Kier alpha value is -2.44. The zero-order valence-electron chi connectivity index (χ0n) is 16.7. The van der Waals surface area contributed by atoms with E-state index in [-0.39, 0.29) is 11.3 Å². The Labute approximate surface area is 173 Å². The molecular weight excluding hydrogens is 414 g/mol. The van der Waals surface area contributed by atoms with E-state index in [2.05, 4.69) is 15.5 Å². The first-order valence-electron chi connectivity index (χ1n) is 8.90. The molecule has 0 radical (unpaired) electrons. The quantitative estimate of drug-likeness (QED) is 0.379. The number of aromatic nitrogens is 6. The number of hydrogen-bond donors (Lipinski definition) is 0. The van der Waals surface area contributed by atoms with Gasteiger partial charge < -0.3 is 0 Å². The van der Waals surface area contributed by atoms with Crippen LogP contribution < -0.4 is 5.56 Å². The van der Waals surface area contributed by atoms with Crippen molar-refractivity contribution in [2.24, 2.45) is 7.05 Å². The lowest BCUT2D eigenvalue weighted by Crippen LogP contribution is -2.25. The average molecular weight is 438 g/mol. The van der Waals surface area contributed by atoms with Gasteiger partial charge in [-0.05, 0) is 35.9 Å². The first-order valence-corrected chi connectivity index (χ1v) is 11.5. The third-order valence-electron chi connectivity index (χ3n) is 4.51. The van der Waals surface area contributed by atoms with E-state index in [4.69, 9.17) is 0 Å². The molecule has 0 bridgehead atoms. The Balaban J connectivity index is 1.85. The number of para-hydroxylation sites is 1. The van der Waals surface area contributed by atoms with Crippen molar-refractivity contribution >= 4 is 21.8 Å². The first kappa shape index (κ1) is 21.3. The van der Waals surface area contributed by atoms with E-state index in [9.17, 15) is 13.2 Å². The molecule has 12 heteroatoms. The summed E-state index contributed by atoms with van der Waals surface area (Å²) >= 11 is 1.32. The maximum Gasteiger partial charge on any atom is 0.297 e. The van der Waals surface area contributed by atoms with Crippen molar-refractivity contribution in [3.63, 3.8) is 0 Å². The van der Waals surface area contributed by atoms with Gasteiger partial charge in [0.05, 0.1) is 17.1 Å². The lowest BCUT2D eigenvalue weighted by molar-refractivity contribution is 0.520. The second-order valence-electron chi connectivity index (χ2n) is 6.58. The predicted molar refractivity (Wildman–Crippen MR) is 111 cm³/mol. The van der Waals surface area contributed by atoms with Gasteiger partial charge in [0, 0.05) is 26.9 Å². The van der Waals surface area contributed by atoms with Gasteiger partial charge in [0.1, 0.15) is 0 Å². The summed E-state index contributed by atoms with van der Waals surface area (Å²) in [6.45, 7) is 1.83. The highest BCUT2D eigenvalue weighted by Crippen LogP contribution is 2.20. The van der Waals surface area contributed by atoms with E-state index < -0.39 is 10.0 Å². The van der Waals surface area contributed by atoms with Crippen molar-refractivity contribution in [1.29, 1.82) is 0 Å². The highest BCUT2D eigenvalue weighted by atomic mass is 32.2. The van der Waals surface area contributed by atoms with Gasteiger partial charge in [0.2, 0.25) is 15.2 Å². The second kappa shape index (κ2) is 8.51. The largest absolute Gasteiger partial charge is 0.297 e. The number of tetrazole rings is 1. The maximum absolute atomic E-state index is 13.1. The minimum absolute atomic E-state index is 0.0414. The lowest BCUT2D eigenvalue weighted by atomic mass is 10.3. The van der Waals surface area contributed by atoms with Crippen LogP contribution in [0.25, 0.3) is 11.4 Å². The summed E-state index contributed by atoms with van der Waals surface area (Å²) in [6, 6.07) is 9.32. The molecule has 2 heterocycles. The van der Waals surface area contributed by atoms with E-state index in [1.807, 2.05) is 37.3 Å². The Morgan fingerprint density at radius 1 is 1.17 bits per heavy atom. The first-order chi connectivity index (χ1) is 13.7. The molecule has 2 aromatic heterocycles. The predicted octanol–water partition coefficient (Wildman–Crippen LogP) is 0.834. The van der Waals surface area contributed by atoms with Gasteiger partial charge in [-0.15, -0.1) is 5.10 Å². The topological polar surface area (TPSA) is 108 Å². The Kier molecular flexibility index (Phi) is 6.24. The molecule has 0 unspecified atom stereocenters. The van der Waals surface area contributed by atoms with Crippen molar-refractivity contribution < 1.29 is 8.42 Å². The molecule has 0 aliphatic heterocycles. The Bertz CT molecular complexity index is 1150. The van der Waals surface area contributed by atoms with E-state index in [1.54, 1.807) is 16.4 Å². The summed E-state index contributed by atoms with van der Waals surface area (Å²) in [4.78, 5) is 13.1. The summed E-state index contributed by atoms with van der Waals surface area (Å²) in [5, 5.41) is 12.1. The zero-order chi connectivity index (χ0) is 21.2. The number of hydrogen-bond acceptors (Lipinski definition) is 7. The summed E-state index contributed by atoms with van der Waals surface area (Å²) < 4.78 is 29.7. The second-order valence-corrected chi connectivity index (χ2v) is 9.95. The van der Waals surface area contributed by atoms with Crippen LogP contribution in [0.2, 0.25) is 0 Å². The number of thioether (sulfide) groups is 1. The molecule has 0 fully saturated rings. The zero-order valence-corrected chi connectivity index (χ0v) is 18.3. The van der Waals surface area contributed by atoms with Gasteiger partial charge in [0.15, 0.2) is 5.69 Å². The van der Waals surface area contributed by atoms with Gasteiger partial charge in [-0.25, -0.2) is 17.4 Å². The average Bonchev–Trinajstić information content (AvgIpc) is 3.22. The number of benzene rings is 1. The van der Waals surface area contributed by atoms with Crippen LogP contribution in [0.5, 0.6) is 0 Å². The third-order valence-corrected chi connectivity index (χ3v) is 7.43. The molecule has 10 nitrogen and oxygen atoms in total. The molecule has 156 valence electrons. The SMILES string of the molecule is Cc1c(-n2nnnc2SCCCS(=O)(=O)N(C)C)c(=O)n(-c2ccccc2)n1C. The molecule has 0 atom stereocenters. The van der Waals surface area contributed by atoms with Crippen molar-refractivity contribution in [3.05, 3.63) is 46.4 Å². The number of rotatable bonds is 8. The molecule has 0 saturated carbocycles. The highest BCUT2D eigenvalue weighted by Gasteiger charge is 2.22. The summed E-state index contributed by atoms with van der Waals surface area (Å²) in [7, 11) is 1.58. The lowest BCUT2D eigenvalue weighted by Gasteiger charge is -2.10. The van der Waals surface area contributed by atoms with Crippen molar-refractivity contribution in [1.82, 2.24) is 33.9 Å². The van der Waals surface area contributed by atoms with Gasteiger partial charge in [-0.1, -0.05) is 30.0 Å². The van der Waals surface area contributed by atoms with Crippen LogP contribution in [0.1, 0.15) is 12.1 Å². The fourth-order valence-electron chi connectivity index (χ4n) is 2.79. The van der Waals surface area contributed by atoms with Crippen molar-refractivity contribution in [2.75, 3.05) is 25.6 Å². The monoisotopic (exact) mass is 437 g/mol. The van der Waals surface area contributed by atoms with Crippen molar-refractivity contribution in [3.8, 4) is 11.4 Å². The molecule has 0 aliphatic rings. The molecule has 29 heavy (non-hydrogen) atoms. The molecule has 3 rings (SSSR count). The smallest absolute Gasteiger partial charge is 0.283 e. The third kappa shape index (κ3) is 4.28. The van der Waals surface area contributed by atoms with Crippen LogP contribution in [0.15, 0.2) is 40.3 Å². The van der Waals surface area contributed by atoms with Crippen molar-refractivity contribution in [2.45, 2.75) is 18.5 Å². The van der Waals surface area contributed by atoms with Gasteiger partial charge in [-0.2, -0.15) is 4.68 Å². The van der Waals surface area contributed by atoms with Gasteiger partial charge in [-0.3, -0.25) is 9.48 Å². The minimum Gasteiger partial charge on any atom is -0.283 e. The normalized spacial score (nSPS) is 12.0. The molecule has 3 aromatic rings. The van der Waals surface area contributed by atoms with Crippen LogP contribution in [-0.4, -0.2) is 67.9 Å². The molecule has 0 saturated heterocycles. The van der Waals surface area contributed by atoms with E-state index in [0.717, 1.165) is 5.69 Å². The van der Waals surface area contributed by atoms with Gasteiger partial charge in [0.25, 0.3) is 5.56 Å². The fraction of sp³-hybridized carbons (Fsp3) is 0.412. The fourth-order valence-corrected chi connectivity index (χ4v) is 4.67. The molecule has 0 N–H and O–H groups in total. The van der Waals surface area contributed by atoms with E-state index >= 15 is 0 Å². The van der Waals surface area contributed by atoms with Crippen LogP contribution >= 0.6 is 11.8 Å².